The normalized spacial score (nSPS) is 23.2. The predicted octanol–water partition coefficient (Wildman–Crippen LogP) is 2.97. The van der Waals surface area contributed by atoms with E-state index in [2.05, 4.69) is 19.2 Å². The SMILES string of the molecule is CCNCCC(C)CCCC1CCCO1. The lowest BCUT2D eigenvalue weighted by atomic mass is 9.98. The maximum atomic E-state index is 5.62. The maximum absolute atomic E-state index is 5.62. The molecule has 2 unspecified atom stereocenters. The minimum absolute atomic E-state index is 0.589. The van der Waals surface area contributed by atoms with Gasteiger partial charge in [-0.2, -0.15) is 0 Å². The van der Waals surface area contributed by atoms with Crippen LogP contribution in [0, 0.1) is 5.92 Å². The van der Waals surface area contributed by atoms with Crippen LogP contribution in [0.15, 0.2) is 0 Å². The van der Waals surface area contributed by atoms with Gasteiger partial charge in [-0.15, -0.1) is 0 Å². The van der Waals surface area contributed by atoms with Crippen LogP contribution in [0.3, 0.4) is 0 Å². The third kappa shape index (κ3) is 6.16. The van der Waals surface area contributed by atoms with Crippen LogP contribution in [0.4, 0.5) is 0 Å². The van der Waals surface area contributed by atoms with Gasteiger partial charge in [0, 0.05) is 6.61 Å². The van der Waals surface area contributed by atoms with Gasteiger partial charge in [0.05, 0.1) is 6.10 Å². The number of hydrogen-bond donors (Lipinski definition) is 1. The quantitative estimate of drug-likeness (QED) is 0.626. The second-order valence-electron chi connectivity index (χ2n) is 4.81. The summed E-state index contributed by atoms with van der Waals surface area (Å²) in [5.41, 5.74) is 0. The van der Waals surface area contributed by atoms with Crippen molar-refractivity contribution in [2.45, 2.75) is 58.5 Å². The topological polar surface area (TPSA) is 21.3 Å². The Morgan fingerprint density at radius 3 is 2.93 bits per heavy atom. The molecule has 1 aliphatic heterocycles. The third-order valence-electron chi connectivity index (χ3n) is 3.31. The van der Waals surface area contributed by atoms with Crippen LogP contribution in [-0.2, 0) is 4.74 Å². The van der Waals surface area contributed by atoms with Crippen molar-refractivity contribution in [3.63, 3.8) is 0 Å². The molecule has 0 aliphatic carbocycles. The van der Waals surface area contributed by atoms with E-state index >= 15 is 0 Å². The van der Waals surface area contributed by atoms with Crippen LogP contribution in [0.25, 0.3) is 0 Å². The second kappa shape index (κ2) is 8.12. The Kier molecular flexibility index (Phi) is 7.03. The van der Waals surface area contributed by atoms with Crippen molar-refractivity contribution < 1.29 is 4.74 Å². The van der Waals surface area contributed by atoms with E-state index in [1.165, 1.54) is 45.1 Å². The van der Waals surface area contributed by atoms with Gasteiger partial charge in [-0.05, 0) is 44.7 Å². The molecule has 0 spiro atoms. The summed E-state index contributed by atoms with van der Waals surface area (Å²) in [4.78, 5) is 0. The van der Waals surface area contributed by atoms with Crippen molar-refractivity contribution in [1.82, 2.24) is 5.32 Å². The number of rotatable bonds is 8. The molecular weight excluding hydrogens is 186 g/mol. The summed E-state index contributed by atoms with van der Waals surface area (Å²) in [7, 11) is 0. The maximum Gasteiger partial charge on any atom is 0.0576 e. The second-order valence-corrected chi connectivity index (χ2v) is 4.81. The molecule has 0 aromatic heterocycles. The monoisotopic (exact) mass is 213 g/mol. The zero-order valence-corrected chi connectivity index (χ0v) is 10.4. The lowest BCUT2D eigenvalue weighted by Crippen LogP contribution is -2.16. The minimum atomic E-state index is 0.589. The van der Waals surface area contributed by atoms with E-state index in [4.69, 9.17) is 4.74 Å². The van der Waals surface area contributed by atoms with Gasteiger partial charge in [-0.3, -0.25) is 0 Å². The van der Waals surface area contributed by atoms with E-state index in [9.17, 15) is 0 Å². The van der Waals surface area contributed by atoms with Crippen molar-refractivity contribution in [3.8, 4) is 0 Å². The van der Waals surface area contributed by atoms with E-state index in [1.807, 2.05) is 0 Å². The molecule has 1 fully saturated rings. The van der Waals surface area contributed by atoms with E-state index in [-0.39, 0.29) is 0 Å². The fraction of sp³-hybridized carbons (Fsp3) is 1.00. The van der Waals surface area contributed by atoms with Gasteiger partial charge >= 0.3 is 0 Å². The van der Waals surface area contributed by atoms with Crippen LogP contribution in [0.5, 0.6) is 0 Å². The van der Waals surface area contributed by atoms with Gasteiger partial charge in [-0.25, -0.2) is 0 Å². The summed E-state index contributed by atoms with van der Waals surface area (Å²) >= 11 is 0. The van der Waals surface area contributed by atoms with Crippen molar-refractivity contribution in [2.24, 2.45) is 5.92 Å². The number of ether oxygens (including phenoxy) is 1. The Balaban J connectivity index is 1.89. The van der Waals surface area contributed by atoms with Crippen LogP contribution >= 0.6 is 0 Å². The molecule has 0 saturated carbocycles. The third-order valence-corrected chi connectivity index (χ3v) is 3.31. The molecule has 0 radical (unpaired) electrons. The van der Waals surface area contributed by atoms with Gasteiger partial charge in [-0.1, -0.05) is 26.7 Å². The highest BCUT2D eigenvalue weighted by Gasteiger charge is 2.14. The molecule has 0 bridgehead atoms. The first-order valence-corrected chi connectivity index (χ1v) is 6.65. The molecule has 1 saturated heterocycles. The summed E-state index contributed by atoms with van der Waals surface area (Å²) in [5, 5.41) is 3.39. The molecular formula is C13H27NO. The summed E-state index contributed by atoms with van der Waals surface area (Å²) in [5.74, 6) is 0.866. The highest BCUT2D eigenvalue weighted by atomic mass is 16.5. The van der Waals surface area contributed by atoms with Crippen LogP contribution in [0.1, 0.15) is 52.4 Å². The average molecular weight is 213 g/mol. The average Bonchev–Trinajstić information content (AvgIpc) is 2.71. The smallest absolute Gasteiger partial charge is 0.0576 e. The Hall–Kier alpha value is -0.0800. The molecule has 15 heavy (non-hydrogen) atoms. The lowest BCUT2D eigenvalue weighted by Gasteiger charge is -2.13. The van der Waals surface area contributed by atoms with Crippen molar-refractivity contribution in [1.29, 1.82) is 0 Å². The Morgan fingerprint density at radius 1 is 1.40 bits per heavy atom. The van der Waals surface area contributed by atoms with Crippen LogP contribution < -0.4 is 5.32 Å². The molecule has 2 heteroatoms. The molecule has 1 heterocycles. The summed E-state index contributed by atoms with van der Waals surface area (Å²) in [6, 6.07) is 0. The van der Waals surface area contributed by atoms with Gasteiger partial charge in [0.1, 0.15) is 0 Å². The molecule has 2 atom stereocenters. The minimum Gasteiger partial charge on any atom is -0.378 e. The molecule has 1 rings (SSSR count). The van der Waals surface area contributed by atoms with Gasteiger partial charge < -0.3 is 10.1 Å². The summed E-state index contributed by atoms with van der Waals surface area (Å²) in [6.07, 6.45) is 8.48. The number of hydrogen-bond acceptors (Lipinski definition) is 2. The largest absolute Gasteiger partial charge is 0.378 e. The van der Waals surface area contributed by atoms with E-state index in [1.54, 1.807) is 0 Å². The summed E-state index contributed by atoms with van der Waals surface area (Å²) in [6.45, 7) is 7.82. The van der Waals surface area contributed by atoms with Crippen molar-refractivity contribution in [3.05, 3.63) is 0 Å². The van der Waals surface area contributed by atoms with E-state index < -0.39 is 0 Å². The zero-order valence-electron chi connectivity index (χ0n) is 10.4. The molecule has 1 N–H and O–H groups in total. The molecule has 0 aromatic carbocycles. The fourth-order valence-electron chi connectivity index (χ4n) is 2.24. The Labute approximate surface area is 94.8 Å². The Bertz CT molecular complexity index is 143. The molecule has 90 valence electrons. The van der Waals surface area contributed by atoms with Crippen molar-refractivity contribution in [2.75, 3.05) is 19.7 Å². The lowest BCUT2D eigenvalue weighted by molar-refractivity contribution is 0.101. The molecule has 0 amide bonds. The van der Waals surface area contributed by atoms with Crippen LogP contribution in [-0.4, -0.2) is 25.8 Å². The first-order valence-electron chi connectivity index (χ1n) is 6.65. The standard InChI is InChI=1S/C13H27NO/c1-3-14-10-9-12(2)6-4-7-13-8-5-11-15-13/h12-14H,3-11H2,1-2H3. The Morgan fingerprint density at radius 2 is 2.27 bits per heavy atom. The van der Waals surface area contributed by atoms with Gasteiger partial charge in [0.2, 0.25) is 0 Å². The molecule has 2 nitrogen and oxygen atoms in total. The van der Waals surface area contributed by atoms with E-state index in [0.29, 0.717) is 6.10 Å². The van der Waals surface area contributed by atoms with Crippen molar-refractivity contribution >= 4 is 0 Å². The fourth-order valence-corrected chi connectivity index (χ4v) is 2.24. The van der Waals surface area contributed by atoms with Crippen LogP contribution in [0.2, 0.25) is 0 Å². The summed E-state index contributed by atoms with van der Waals surface area (Å²) < 4.78 is 5.62. The molecule has 1 aliphatic rings. The highest BCUT2D eigenvalue weighted by molar-refractivity contribution is 4.65. The van der Waals surface area contributed by atoms with Gasteiger partial charge in [0.25, 0.3) is 0 Å². The van der Waals surface area contributed by atoms with Gasteiger partial charge in [0.15, 0.2) is 0 Å². The first-order chi connectivity index (χ1) is 7.33. The molecule has 0 aromatic rings. The van der Waals surface area contributed by atoms with E-state index in [0.717, 1.165) is 19.1 Å². The number of nitrogens with one attached hydrogen (secondary N) is 1. The predicted molar refractivity (Wildman–Crippen MR) is 65.1 cm³/mol. The first kappa shape index (κ1) is 13.0. The highest BCUT2D eigenvalue weighted by Crippen LogP contribution is 2.20. The zero-order chi connectivity index (χ0) is 10.9.